The maximum atomic E-state index is 14.0. The van der Waals surface area contributed by atoms with Crippen LogP contribution in [0.4, 0.5) is 0 Å². The summed E-state index contributed by atoms with van der Waals surface area (Å²) in [5.41, 5.74) is 0.0961. The minimum atomic E-state index is -0.982. The summed E-state index contributed by atoms with van der Waals surface area (Å²) in [6, 6.07) is -0.170. The number of amides is 3. The molecule has 1 aliphatic heterocycles. The molecule has 274 valence electrons. The first-order valence-corrected chi connectivity index (χ1v) is 18.3. The van der Waals surface area contributed by atoms with Crippen molar-refractivity contribution in [2.45, 2.75) is 109 Å². The molecule has 2 fully saturated rings. The number of nitrogens with zero attached hydrogens (tertiary/aromatic N) is 5. The number of carbonyl (C=O) groups excluding carboxylic acids is 4. The predicted octanol–water partition coefficient (Wildman–Crippen LogP) is 3.24. The Morgan fingerprint density at radius 3 is 2.36 bits per heavy atom. The Morgan fingerprint density at radius 1 is 1.06 bits per heavy atom. The fourth-order valence-electron chi connectivity index (χ4n) is 6.52. The molecule has 3 N–H and O–H groups in total. The maximum absolute atomic E-state index is 14.0. The zero-order chi connectivity index (χ0) is 36.5. The zero-order valence-electron chi connectivity index (χ0n) is 29.8. The van der Waals surface area contributed by atoms with Gasteiger partial charge in [-0.05, 0) is 63.6 Å². The number of carbonyl (C=O) groups is 5. The van der Waals surface area contributed by atoms with Gasteiger partial charge in [0.05, 0.1) is 12.0 Å². The SMILES string of the molecule is CC(=O)O[C@H](C[C@H](C(C)C)N(C)C(=O)[C@@H](NC(=O)[C@H]1CCCCN1C)C1CC1)c1nc(C(=O)N[C@@H](Cc2ncccn2)C[C@H](C)C(=O)O)cs1. The Labute approximate surface area is 297 Å². The number of piperidine rings is 1. The third-order valence-corrected chi connectivity index (χ3v) is 10.5. The lowest BCUT2D eigenvalue weighted by molar-refractivity contribution is -0.149. The summed E-state index contributed by atoms with van der Waals surface area (Å²) in [6.07, 6.45) is 7.46. The number of likely N-dealkylation sites (tertiary alicyclic amines) is 1. The van der Waals surface area contributed by atoms with E-state index in [1.807, 2.05) is 20.9 Å². The molecular formula is C35H51N7O7S. The molecule has 2 aromatic rings. The number of thiazole rings is 1. The molecule has 0 spiro atoms. The van der Waals surface area contributed by atoms with E-state index < -0.39 is 42.0 Å². The van der Waals surface area contributed by atoms with Crippen LogP contribution in [0.15, 0.2) is 23.8 Å². The highest BCUT2D eigenvalue weighted by Gasteiger charge is 2.42. The van der Waals surface area contributed by atoms with Crippen LogP contribution in [0, 0.1) is 17.8 Å². The minimum Gasteiger partial charge on any atom is -0.481 e. The molecular weight excluding hydrogens is 662 g/mol. The average Bonchev–Trinajstić information content (AvgIpc) is 3.79. The Hall–Kier alpha value is -3.98. The molecule has 3 heterocycles. The van der Waals surface area contributed by atoms with Crippen molar-refractivity contribution < 1.29 is 33.8 Å². The molecule has 50 heavy (non-hydrogen) atoms. The van der Waals surface area contributed by atoms with E-state index in [1.165, 1.54) is 6.92 Å². The summed E-state index contributed by atoms with van der Waals surface area (Å²) in [7, 11) is 3.67. The lowest BCUT2D eigenvalue weighted by atomic mass is 9.95. The molecule has 1 saturated heterocycles. The summed E-state index contributed by atoms with van der Waals surface area (Å²) in [6.45, 7) is 7.68. The summed E-state index contributed by atoms with van der Waals surface area (Å²) in [4.78, 5) is 81.3. The van der Waals surface area contributed by atoms with E-state index in [9.17, 15) is 29.1 Å². The maximum Gasteiger partial charge on any atom is 0.306 e. The van der Waals surface area contributed by atoms with Crippen molar-refractivity contribution in [3.05, 3.63) is 40.4 Å². The van der Waals surface area contributed by atoms with Crippen LogP contribution in [0.5, 0.6) is 0 Å². The molecule has 6 atom stereocenters. The number of hydrogen-bond acceptors (Lipinski definition) is 11. The van der Waals surface area contributed by atoms with E-state index in [0.717, 1.165) is 50.0 Å². The summed E-state index contributed by atoms with van der Waals surface area (Å²) in [5, 5.41) is 17.4. The molecule has 2 aliphatic rings. The number of carboxylic acids is 1. The van der Waals surface area contributed by atoms with E-state index in [4.69, 9.17) is 4.74 Å². The van der Waals surface area contributed by atoms with Gasteiger partial charge >= 0.3 is 11.9 Å². The van der Waals surface area contributed by atoms with Gasteiger partial charge in [0.2, 0.25) is 11.8 Å². The first-order valence-electron chi connectivity index (χ1n) is 17.4. The van der Waals surface area contributed by atoms with Crippen molar-refractivity contribution in [3.63, 3.8) is 0 Å². The number of nitrogens with one attached hydrogen (secondary N) is 2. The number of rotatable bonds is 17. The Bertz CT molecular complexity index is 1480. The molecule has 0 aromatic carbocycles. The van der Waals surface area contributed by atoms with Crippen molar-refractivity contribution in [2.75, 3.05) is 20.6 Å². The van der Waals surface area contributed by atoms with Gasteiger partial charge in [0, 0.05) is 56.7 Å². The smallest absolute Gasteiger partial charge is 0.306 e. The van der Waals surface area contributed by atoms with E-state index in [-0.39, 0.29) is 60.7 Å². The number of ether oxygens (including phenoxy) is 1. The van der Waals surface area contributed by atoms with Gasteiger partial charge in [-0.2, -0.15) is 0 Å². The second-order valence-corrected chi connectivity index (χ2v) is 14.9. The van der Waals surface area contributed by atoms with Gasteiger partial charge in [0.1, 0.15) is 22.6 Å². The van der Waals surface area contributed by atoms with Crippen LogP contribution in [-0.2, 0) is 30.3 Å². The van der Waals surface area contributed by atoms with E-state index in [2.05, 4.69) is 30.5 Å². The Balaban J connectivity index is 1.48. The van der Waals surface area contributed by atoms with Crippen molar-refractivity contribution in [2.24, 2.45) is 17.8 Å². The standard InChI is InChI=1S/C35H51N7O7S/c1-20(2)27(42(6)34(46)30(23-11-12-23)40-32(45)26-10-7-8-15-41(26)5)18-28(49-22(4)43)33-39-25(19-50-33)31(44)38-24(16-21(3)35(47)48)17-29-36-13-9-14-37-29/h9,13-14,19-21,23-24,26-28,30H,7-8,10-12,15-18H2,1-6H3,(H,38,44)(H,40,45)(H,47,48)/t21-,24+,26+,27+,28+,30-/m0/s1. The molecule has 15 heteroatoms. The van der Waals surface area contributed by atoms with Crippen molar-refractivity contribution in [1.82, 2.24) is 35.4 Å². The first kappa shape index (κ1) is 38.8. The van der Waals surface area contributed by atoms with Gasteiger partial charge < -0.3 is 25.4 Å². The van der Waals surface area contributed by atoms with Gasteiger partial charge in [0.25, 0.3) is 5.91 Å². The normalized spacial score (nSPS) is 19.5. The summed E-state index contributed by atoms with van der Waals surface area (Å²) < 4.78 is 5.74. The molecule has 0 radical (unpaired) electrons. The third kappa shape index (κ3) is 10.8. The molecule has 1 aliphatic carbocycles. The van der Waals surface area contributed by atoms with Crippen LogP contribution in [0.1, 0.15) is 100 Å². The van der Waals surface area contributed by atoms with Gasteiger partial charge in [0.15, 0.2) is 6.10 Å². The molecule has 1 saturated carbocycles. The van der Waals surface area contributed by atoms with Crippen LogP contribution in [-0.4, -0.2) is 104 Å². The van der Waals surface area contributed by atoms with E-state index in [0.29, 0.717) is 10.8 Å². The number of carboxylic acid groups (broad SMARTS) is 1. The van der Waals surface area contributed by atoms with Crippen LogP contribution in [0.3, 0.4) is 0 Å². The molecule has 0 bridgehead atoms. The van der Waals surface area contributed by atoms with Crippen LogP contribution in [0.25, 0.3) is 0 Å². The fourth-order valence-corrected chi connectivity index (χ4v) is 7.36. The first-order chi connectivity index (χ1) is 23.7. The minimum absolute atomic E-state index is 0.0399. The Kier molecular flexibility index (Phi) is 13.8. The van der Waals surface area contributed by atoms with Crippen molar-refractivity contribution in [1.29, 1.82) is 0 Å². The number of esters is 1. The van der Waals surface area contributed by atoms with Gasteiger partial charge in [-0.15, -0.1) is 11.3 Å². The second-order valence-electron chi connectivity index (χ2n) is 14.0. The monoisotopic (exact) mass is 713 g/mol. The Morgan fingerprint density at radius 2 is 1.76 bits per heavy atom. The van der Waals surface area contributed by atoms with Crippen LogP contribution < -0.4 is 10.6 Å². The summed E-state index contributed by atoms with van der Waals surface area (Å²) in [5.74, 6) is -2.53. The van der Waals surface area contributed by atoms with E-state index >= 15 is 0 Å². The van der Waals surface area contributed by atoms with Gasteiger partial charge in [-0.1, -0.05) is 27.2 Å². The number of likely N-dealkylation sites (N-methyl/N-ethyl adjacent to an activating group) is 2. The number of hydrogen-bond donors (Lipinski definition) is 3. The summed E-state index contributed by atoms with van der Waals surface area (Å²) >= 11 is 1.16. The molecule has 14 nitrogen and oxygen atoms in total. The average molecular weight is 714 g/mol. The van der Waals surface area contributed by atoms with Gasteiger partial charge in [-0.25, -0.2) is 15.0 Å². The van der Waals surface area contributed by atoms with Gasteiger partial charge in [-0.3, -0.25) is 28.9 Å². The predicted molar refractivity (Wildman–Crippen MR) is 186 cm³/mol. The van der Waals surface area contributed by atoms with E-state index in [1.54, 1.807) is 42.7 Å². The molecule has 4 rings (SSSR count). The number of aliphatic carboxylic acids is 1. The van der Waals surface area contributed by atoms with Crippen LogP contribution in [0.2, 0.25) is 0 Å². The van der Waals surface area contributed by atoms with Crippen LogP contribution >= 0.6 is 11.3 Å². The third-order valence-electron chi connectivity index (χ3n) is 9.58. The lowest BCUT2D eigenvalue weighted by Gasteiger charge is -2.37. The quantitative estimate of drug-likeness (QED) is 0.205. The highest BCUT2D eigenvalue weighted by molar-refractivity contribution is 7.09. The zero-order valence-corrected chi connectivity index (χ0v) is 30.6. The fraction of sp³-hybridized carbons (Fsp3) is 0.657. The molecule has 0 unspecified atom stereocenters. The second kappa shape index (κ2) is 17.8. The highest BCUT2D eigenvalue weighted by atomic mass is 32.1. The largest absolute Gasteiger partial charge is 0.481 e. The lowest BCUT2D eigenvalue weighted by Crippen LogP contribution is -2.56. The van der Waals surface area contributed by atoms with Crippen molar-refractivity contribution >= 4 is 41.0 Å². The molecule has 3 amide bonds. The molecule has 2 aromatic heterocycles. The highest BCUT2D eigenvalue weighted by Crippen LogP contribution is 2.36. The topological polar surface area (TPSA) is 184 Å². The van der Waals surface area contributed by atoms with Crippen molar-refractivity contribution in [3.8, 4) is 0 Å². The number of aromatic nitrogens is 3.